The van der Waals surface area contributed by atoms with E-state index in [4.69, 9.17) is 14.2 Å². The zero-order valence-corrected chi connectivity index (χ0v) is 20.6. The maximum atomic E-state index is 10.4. The van der Waals surface area contributed by atoms with Gasteiger partial charge in [-0.3, -0.25) is 0 Å². The van der Waals surface area contributed by atoms with Gasteiger partial charge in [0.05, 0.1) is 13.2 Å². The Morgan fingerprint density at radius 2 is 1.88 bits per heavy atom. The number of hydrogen-bond acceptors (Lipinski definition) is 7. The first-order valence-corrected chi connectivity index (χ1v) is 12.7. The second-order valence-corrected chi connectivity index (χ2v) is 11.3. The number of hydrogen-bond donors (Lipinski definition) is 4. The van der Waals surface area contributed by atoms with Crippen LogP contribution in [-0.4, -0.2) is 71.0 Å². The van der Waals surface area contributed by atoms with Gasteiger partial charge in [-0.15, -0.1) is 0 Å². The maximum Gasteiger partial charge on any atom is 0.186 e. The van der Waals surface area contributed by atoms with E-state index < -0.39 is 37.3 Å². The monoisotopic (exact) mass is 478 g/mol. The van der Waals surface area contributed by atoms with Gasteiger partial charge in [0.1, 0.15) is 36.8 Å². The molecule has 0 bridgehead atoms. The molecule has 7 heteroatoms. The van der Waals surface area contributed by atoms with E-state index in [0.717, 1.165) is 50.7 Å². The third-order valence-corrected chi connectivity index (χ3v) is 9.22. The van der Waals surface area contributed by atoms with Crippen LogP contribution in [0.15, 0.2) is 36.1 Å². The summed E-state index contributed by atoms with van der Waals surface area (Å²) >= 11 is 0. The van der Waals surface area contributed by atoms with E-state index in [1.165, 1.54) is 11.1 Å². The van der Waals surface area contributed by atoms with Crippen LogP contribution in [0, 0.1) is 22.7 Å². The zero-order chi connectivity index (χ0) is 24.7. The standard InChI is InChI=1S/C27H42O7/c1-16-6-9-21-26(3,15-33-25-24(31)23(30)22(29)20(14-28)34-25)11-5-12-27(21,4)19(16)8-7-18-10-13-32-17(18)2/h10,19-25,28-31H,1-2,5-9,11-15H2,3-4H3/t19-,20-,21-,22-,23+,24-,25-,26+,27+/m1/s1. The van der Waals surface area contributed by atoms with Crippen LogP contribution in [0.2, 0.25) is 0 Å². The molecule has 2 aliphatic carbocycles. The molecule has 0 spiro atoms. The van der Waals surface area contributed by atoms with Gasteiger partial charge in [-0.25, -0.2) is 0 Å². The van der Waals surface area contributed by atoms with Crippen molar-refractivity contribution in [3.8, 4) is 0 Å². The number of allylic oxidation sites excluding steroid dienone is 2. The molecule has 192 valence electrons. The van der Waals surface area contributed by atoms with Crippen molar-refractivity contribution >= 4 is 0 Å². The van der Waals surface area contributed by atoms with Gasteiger partial charge in [-0.2, -0.15) is 0 Å². The summed E-state index contributed by atoms with van der Waals surface area (Å²) in [6.45, 7) is 13.7. The first-order chi connectivity index (χ1) is 16.1. The fourth-order valence-electron chi connectivity index (χ4n) is 7.26. The number of aliphatic hydroxyl groups excluding tert-OH is 4. The Morgan fingerprint density at radius 1 is 1.12 bits per heavy atom. The molecule has 9 atom stereocenters. The van der Waals surface area contributed by atoms with Crippen molar-refractivity contribution in [2.75, 3.05) is 19.8 Å². The number of fused-ring (bicyclic) bond motifs is 1. The first kappa shape index (κ1) is 25.9. The molecular formula is C27H42O7. The van der Waals surface area contributed by atoms with Gasteiger partial charge < -0.3 is 34.6 Å². The highest BCUT2D eigenvalue weighted by atomic mass is 16.7. The molecule has 34 heavy (non-hydrogen) atoms. The molecule has 0 aromatic heterocycles. The highest BCUT2D eigenvalue weighted by Gasteiger charge is 2.55. The SMILES string of the molecule is C=C1OCC=C1CC[C@@H]1C(=C)CC[C@@H]2[C@](C)(CO[C@@H]3O[C@H](CO)[C@@H](O)[C@H](O)[C@H]3O)CCC[C@@]12C. The third kappa shape index (κ3) is 4.63. The second kappa shape index (κ2) is 10.0. The quantitative estimate of drug-likeness (QED) is 0.417. The van der Waals surface area contributed by atoms with Gasteiger partial charge in [0, 0.05) is 0 Å². The van der Waals surface area contributed by atoms with Crippen molar-refractivity contribution in [1.29, 1.82) is 0 Å². The maximum absolute atomic E-state index is 10.4. The van der Waals surface area contributed by atoms with Crippen molar-refractivity contribution in [2.45, 2.75) is 89.5 Å². The van der Waals surface area contributed by atoms with Crippen molar-refractivity contribution in [2.24, 2.45) is 22.7 Å². The van der Waals surface area contributed by atoms with E-state index in [1.54, 1.807) is 0 Å². The Balaban J connectivity index is 1.46. The average Bonchev–Trinajstić information content (AvgIpc) is 3.21. The van der Waals surface area contributed by atoms with Gasteiger partial charge in [0.15, 0.2) is 6.29 Å². The summed E-state index contributed by atoms with van der Waals surface area (Å²) in [7, 11) is 0. The Kier molecular flexibility index (Phi) is 7.63. The predicted molar refractivity (Wildman–Crippen MR) is 128 cm³/mol. The second-order valence-electron chi connectivity index (χ2n) is 11.3. The lowest BCUT2D eigenvalue weighted by molar-refractivity contribution is -0.309. The van der Waals surface area contributed by atoms with Crippen molar-refractivity contribution in [1.82, 2.24) is 0 Å². The molecule has 0 amide bonds. The minimum absolute atomic E-state index is 0.0996. The normalized spacial score (nSPS) is 45.0. The molecule has 7 nitrogen and oxygen atoms in total. The van der Waals surface area contributed by atoms with Crippen LogP contribution in [-0.2, 0) is 14.2 Å². The third-order valence-electron chi connectivity index (χ3n) is 9.22. The van der Waals surface area contributed by atoms with E-state index >= 15 is 0 Å². The minimum atomic E-state index is -1.42. The van der Waals surface area contributed by atoms with Crippen LogP contribution >= 0.6 is 0 Å². The lowest BCUT2D eigenvalue weighted by Crippen LogP contribution is -2.60. The van der Waals surface area contributed by atoms with Crippen LogP contribution in [0.4, 0.5) is 0 Å². The molecule has 2 aliphatic heterocycles. The summed E-state index contributed by atoms with van der Waals surface area (Å²) in [4.78, 5) is 0. The van der Waals surface area contributed by atoms with Gasteiger partial charge in [0.25, 0.3) is 0 Å². The Hall–Kier alpha value is -1.22. The van der Waals surface area contributed by atoms with Crippen LogP contribution in [0.1, 0.15) is 58.8 Å². The van der Waals surface area contributed by atoms with E-state index in [-0.39, 0.29) is 10.8 Å². The Morgan fingerprint density at radius 3 is 2.56 bits per heavy atom. The molecule has 0 aromatic rings. The van der Waals surface area contributed by atoms with Gasteiger partial charge in [-0.05, 0) is 72.8 Å². The number of aliphatic hydroxyl groups is 4. The highest BCUT2D eigenvalue weighted by Crippen LogP contribution is 2.62. The topological polar surface area (TPSA) is 109 Å². The van der Waals surface area contributed by atoms with Crippen LogP contribution in [0.5, 0.6) is 0 Å². The fourth-order valence-corrected chi connectivity index (χ4v) is 7.26. The summed E-state index contributed by atoms with van der Waals surface area (Å²) in [5, 5.41) is 40.1. The number of rotatable bonds is 7. The lowest BCUT2D eigenvalue weighted by atomic mass is 9.47. The first-order valence-electron chi connectivity index (χ1n) is 12.7. The molecule has 3 fully saturated rings. The summed E-state index contributed by atoms with van der Waals surface area (Å²) in [6, 6.07) is 0. The average molecular weight is 479 g/mol. The molecular weight excluding hydrogens is 436 g/mol. The zero-order valence-electron chi connectivity index (χ0n) is 20.6. The van der Waals surface area contributed by atoms with Crippen LogP contribution < -0.4 is 0 Å². The van der Waals surface area contributed by atoms with Gasteiger partial charge in [-0.1, -0.05) is 39.0 Å². The van der Waals surface area contributed by atoms with Gasteiger partial charge >= 0.3 is 0 Å². The molecule has 4 N–H and O–H groups in total. The number of ether oxygens (including phenoxy) is 3. The Labute approximate surface area is 203 Å². The molecule has 4 aliphatic rings. The molecule has 0 radical (unpaired) electrons. The Bertz CT molecular complexity index is 807. The van der Waals surface area contributed by atoms with E-state index in [2.05, 4.69) is 33.1 Å². The summed E-state index contributed by atoms with van der Waals surface area (Å²) in [6.07, 6.45) is 3.19. The minimum Gasteiger partial charge on any atom is -0.490 e. The summed E-state index contributed by atoms with van der Waals surface area (Å²) in [5.74, 6) is 1.63. The van der Waals surface area contributed by atoms with Crippen molar-refractivity contribution < 1.29 is 34.6 Å². The fraction of sp³-hybridized carbons (Fsp3) is 0.778. The van der Waals surface area contributed by atoms with E-state index in [1.807, 2.05) is 0 Å². The highest BCUT2D eigenvalue weighted by molar-refractivity contribution is 5.28. The van der Waals surface area contributed by atoms with Crippen molar-refractivity contribution in [3.05, 3.63) is 36.1 Å². The van der Waals surface area contributed by atoms with Crippen LogP contribution in [0.3, 0.4) is 0 Å². The predicted octanol–water partition coefficient (Wildman–Crippen LogP) is 2.83. The van der Waals surface area contributed by atoms with Crippen LogP contribution in [0.25, 0.3) is 0 Å². The lowest BCUT2D eigenvalue weighted by Gasteiger charge is -2.59. The molecule has 0 unspecified atom stereocenters. The molecule has 2 saturated carbocycles. The molecule has 2 heterocycles. The van der Waals surface area contributed by atoms with Gasteiger partial charge in [0.2, 0.25) is 0 Å². The molecule has 4 rings (SSSR count). The molecule has 1 saturated heterocycles. The van der Waals surface area contributed by atoms with E-state index in [0.29, 0.717) is 25.0 Å². The summed E-state index contributed by atoms with van der Waals surface area (Å²) in [5.41, 5.74) is 2.53. The van der Waals surface area contributed by atoms with E-state index in [9.17, 15) is 20.4 Å². The largest absolute Gasteiger partial charge is 0.490 e. The molecule has 0 aromatic carbocycles. The van der Waals surface area contributed by atoms with Crippen molar-refractivity contribution in [3.63, 3.8) is 0 Å². The smallest absolute Gasteiger partial charge is 0.186 e. The summed E-state index contributed by atoms with van der Waals surface area (Å²) < 4.78 is 17.2.